The van der Waals surface area contributed by atoms with E-state index in [-0.39, 0.29) is 10.8 Å². The molecule has 0 aliphatic rings. The predicted octanol–water partition coefficient (Wildman–Crippen LogP) is 4.70. The topological polar surface area (TPSA) is 75.3 Å². The summed E-state index contributed by atoms with van der Waals surface area (Å²) in [6.45, 7) is 1.89. The molecule has 27 heavy (non-hydrogen) atoms. The summed E-state index contributed by atoms with van der Waals surface area (Å²) in [7, 11) is -3.69. The summed E-state index contributed by atoms with van der Waals surface area (Å²) >= 11 is 6.03. The zero-order chi connectivity index (χ0) is 19.4. The van der Waals surface area contributed by atoms with Gasteiger partial charge in [-0.15, -0.1) is 0 Å². The summed E-state index contributed by atoms with van der Waals surface area (Å²) < 4.78 is 27.3. The van der Waals surface area contributed by atoms with E-state index in [0.717, 1.165) is 5.56 Å². The molecule has 0 bridgehead atoms. The number of hydrogen-bond acceptors (Lipinski definition) is 3. The molecule has 0 fully saturated rings. The van der Waals surface area contributed by atoms with Gasteiger partial charge in [-0.25, -0.2) is 8.42 Å². The molecule has 0 saturated carbocycles. The number of nitrogens with one attached hydrogen (secondary N) is 2. The maximum atomic E-state index is 12.4. The Morgan fingerprint density at radius 2 is 1.52 bits per heavy atom. The van der Waals surface area contributed by atoms with E-state index >= 15 is 0 Å². The van der Waals surface area contributed by atoms with E-state index in [1.165, 1.54) is 12.1 Å². The monoisotopic (exact) mass is 400 g/mol. The third kappa shape index (κ3) is 4.67. The number of halogens is 1. The van der Waals surface area contributed by atoms with Crippen LogP contribution in [0.25, 0.3) is 0 Å². The van der Waals surface area contributed by atoms with E-state index in [1.807, 2.05) is 6.92 Å². The van der Waals surface area contributed by atoms with Crippen molar-refractivity contribution in [2.75, 3.05) is 10.0 Å². The molecular formula is C20H17ClN2O3S. The van der Waals surface area contributed by atoms with Gasteiger partial charge in [0.25, 0.3) is 15.9 Å². The summed E-state index contributed by atoms with van der Waals surface area (Å²) in [6, 6.07) is 19.6. The van der Waals surface area contributed by atoms with E-state index < -0.39 is 10.0 Å². The molecule has 7 heteroatoms. The first-order chi connectivity index (χ1) is 12.8. The summed E-state index contributed by atoms with van der Waals surface area (Å²) in [6.07, 6.45) is 0. The minimum absolute atomic E-state index is 0.175. The molecule has 0 aliphatic carbocycles. The lowest BCUT2D eigenvalue weighted by Gasteiger charge is -2.10. The molecule has 138 valence electrons. The van der Waals surface area contributed by atoms with Crippen molar-refractivity contribution < 1.29 is 13.2 Å². The van der Waals surface area contributed by atoms with Crippen LogP contribution in [0.4, 0.5) is 11.4 Å². The molecule has 0 aliphatic heterocycles. The highest BCUT2D eigenvalue weighted by Crippen LogP contribution is 2.22. The predicted molar refractivity (Wildman–Crippen MR) is 108 cm³/mol. The van der Waals surface area contributed by atoms with E-state index in [2.05, 4.69) is 10.0 Å². The molecule has 3 rings (SSSR count). The fraction of sp³-hybridized carbons (Fsp3) is 0.0500. The summed E-state index contributed by atoms with van der Waals surface area (Å²) in [5.41, 5.74) is 2.23. The quantitative estimate of drug-likeness (QED) is 0.651. The van der Waals surface area contributed by atoms with Crippen LogP contribution in [-0.4, -0.2) is 14.3 Å². The molecule has 0 aromatic heterocycles. The van der Waals surface area contributed by atoms with E-state index in [1.54, 1.807) is 60.7 Å². The van der Waals surface area contributed by atoms with Crippen LogP contribution in [0.1, 0.15) is 15.9 Å². The Bertz CT molecular complexity index is 1060. The van der Waals surface area contributed by atoms with Gasteiger partial charge in [-0.1, -0.05) is 41.4 Å². The van der Waals surface area contributed by atoms with E-state index in [4.69, 9.17) is 11.6 Å². The highest BCUT2D eigenvalue weighted by molar-refractivity contribution is 7.92. The Hall–Kier alpha value is -2.83. The van der Waals surface area contributed by atoms with Crippen molar-refractivity contribution in [1.82, 2.24) is 0 Å². The maximum Gasteiger partial charge on any atom is 0.261 e. The fourth-order valence-corrected chi connectivity index (χ4v) is 3.62. The SMILES string of the molecule is Cc1ccc(S(=O)(=O)Nc2ccc(C(=O)Nc3ccccc3Cl)cc2)cc1. The number of hydrogen-bond donors (Lipinski definition) is 2. The number of amides is 1. The smallest absolute Gasteiger partial charge is 0.261 e. The number of para-hydroxylation sites is 1. The molecule has 0 radical (unpaired) electrons. The molecule has 2 N–H and O–H groups in total. The Kier molecular flexibility index (Phi) is 5.48. The van der Waals surface area contributed by atoms with Crippen LogP contribution in [0.5, 0.6) is 0 Å². The normalized spacial score (nSPS) is 11.0. The number of aryl methyl sites for hydroxylation is 1. The molecule has 0 atom stereocenters. The first-order valence-electron chi connectivity index (χ1n) is 8.10. The molecule has 0 saturated heterocycles. The van der Waals surface area contributed by atoms with Crippen LogP contribution in [0, 0.1) is 6.92 Å². The zero-order valence-electron chi connectivity index (χ0n) is 14.4. The zero-order valence-corrected chi connectivity index (χ0v) is 16.0. The highest BCUT2D eigenvalue weighted by atomic mass is 35.5. The van der Waals surface area contributed by atoms with Gasteiger partial charge < -0.3 is 5.32 Å². The van der Waals surface area contributed by atoms with Gasteiger partial charge in [-0.3, -0.25) is 9.52 Å². The van der Waals surface area contributed by atoms with Crippen molar-refractivity contribution in [2.24, 2.45) is 0 Å². The van der Waals surface area contributed by atoms with E-state index in [0.29, 0.717) is 22.0 Å². The number of rotatable bonds is 5. The third-order valence-corrected chi connectivity index (χ3v) is 5.58. The summed E-state index contributed by atoms with van der Waals surface area (Å²) in [4.78, 5) is 12.5. The lowest BCUT2D eigenvalue weighted by atomic mass is 10.2. The van der Waals surface area contributed by atoms with Crippen LogP contribution in [0.2, 0.25) is 5.02 Å². The minimum Gasteiger partial charge on any atom is -0.321 e. The Labute approximate surface area is 163 Å². The van der Waals surface area contributed by atoms with Crippen molar-refractivity contribution in [1.29, 1.82) is 0 Å². The first-order valence-corrected chi connectivity index (χ1v) is 9.97. The van der Waals surface area contributed by atoms with Crippen molar-refractivity contribution in [3.63, 3.8) is 0 Å². The molecule has 0 heterocycles. The van der Waals surface area contributed by atoms with Gasteiger partial charge >= 0.3 is 0 Å². The van der Waals surface area contributed by atoms with Gasteiger partial charge in [0.2, 0.25) is 0 Å². The first kappa shape index (κ1) is 18.9. The van der Waals surface area contributed by atoms with Gasteiger partial charge in [-0.05, 0) is 55.5 Å². The molecular weight excluding hydrogens is 384 g/mol. The van der Waals surface area contributed by atoms with Crippen molar-refractivity contribution >= 4 is 38.9 Å². The summed E-state index contributed by atoms with van der Waals surface area (Å²) in [5.74, 6) is -0.337. The van der Waals surface area contributed by atoms with Gasteiger partial charge in [-0.2, -0.15) is 0 Å². The van der Waals surface area contributed by atoms with Crippen LogP contribution >= 0.6 is 11.6 Å². The lowest BCUT2D eigenvalue weighted by Crippen LogP contribution is -2.14. The second-order valence-corrected chi connectivity index (χ2v) is 8.02. The minimum atomic E-state index is -3.69. The van der Waals surface area contributed by atoms with E-state index in [9.17, 15) is 13.2 Å². The average molecular weight is 401 g/mol. The lowest BCUT2D eigenvalue weighted by molar-refractivity contribution is 0.102. The standard InChI is InChI=1S/C20H17ClN2O3S/c1-14-6-12-17(13-7-14)27(25,26)23-16-10-8-15(9-11-16)20(24)22-19-5-3-2-4-18(19)21/h2-13,23H,1H3,(H,22,24). The number of carbonyl (C=O) groups is 1. The van der Waals surface area contributed by atoms with Crippen molar-refractivity contribution in [3.05, 3.63) is 88.9 Å². The largest absolute Gasteiger partial charge is 0.321 e. The molecule has 0 spiro atoms. The van der Waals surface area contributed by atoms with Crippen LogP contribution in [0.3, 0.4) is 0 Å². The molecule has 1 amide bonds. The van der Waals surface area contributed by atoms with Crippen LogP contribution < -0.4 is 10.0 Å². The average Bonchev–Trinajstić information content (AvgIpc) is 2.64. The second kappa shape index (κ2) is 7.82. The number of carbonyl (C=O) groups excluding carboxylic acids is 1. The molecule has 3 aromatic carbocycles. The summed E-state index contributed by atoms with van der Waals surface area (Å²) in [5, 5.41) is 3.15. The third-order valence-electron chi connectivity index (χ3n) is 3.85. The van der Waals surface area contributed by atoms with Gasteiger partial charge in [0, 0.05) is 11.3 Å². The van der Waals surface area contributed by atoms with Crippen molar-refractivity contribution in [3.8, 4) is 0 Å². The van der Waals surface area contributed by atoms with Crippen LogP contribution in [-0.2, 0) is 10.0 Å². The number of anilines is 2. The second-order valence-electron chi connectivity index (χ2n) is 5.93. The molecule has 0 unspecified atom stereocenters. The fourth-order valence-electron chi connectivity index (χ4n) is 2.38. The van der Waals surface area contributed by atoms with Gasteiger partial charge in [0.05, 0.1) is 15.6 Å². The molecule has 5 nitrogen and oxygen atoms in total. The number of benzene rings is 3. The number of sulfonamides is 1. The van der Waals surface area contributed by atoms with Gasteiger partial charge in [0.15, 0.2) is 0 Å². The Balaban J connectivity index is 1.72. The highest BCUT2D eigenvalue weighted by Gasteiger charge is 2.14. The Morgan fingerprint density at radius 1 is 0.889 bits per heavy atom. The maximum absolute atomic E-state index is 12.4. The van der Waals surface area contributed by atoms with Gasteiger partial charge in [0.1, 0.15) is 0 Å². The molecule has 3 aromatic rings. The Morgan fingerprint density at radius 3 is 2.15 bits per heavy atom. The van der Waals surface area contributed by atoms with Crippen molar-refractivity contribution in [2.45, 2.75) is 11.8 Å². The van der Waals surface area contributed by atoms with Crippen LogP contribution in [0.15, 0.2) is 77.7 Å².